The van der Waals surface area contributed by atoms with Gasteiger partial charge in [-0.25, -0.2) is 9.78 Å². The number of fused-ring (bicyclic) bond motifs is 2. The van der Waals surface area contributed by atoms with Crippen LogP contribution in [0.15, 0.2) is 28.9 Å². The number of aromatic nitrogens is 1. The van der Waals surface area contributed by atoms with Gasteiger partial charge in [-0.1, -0.05) is 6.07 Å². The van der Waals surface area contributed by atoms with E-state index in [0.717, 1.165) is 54.9 Å². The Balaban J connectivity index is 1.55. The molecule has 1 aromatic carbocycles. The second-order valence-electron chi connectivity index (χ2n) is 7.04. The summed E-state index contributed by atoms with van der Waals surface area (Å²) in [5.41, 5.74) is 3.60. The van der Waals surface area contributed by atoms with Gasteiger partial charge in [0.2, 0.25) is 5.89 Å². The number of amides is 2. The molecule has 6 heteroatoms. The molecule has 6 nitrogen and oxygen atoms in total. The Morgan fingerprint density at radius 2 is 2.12 bits per heavy atom. The maximum atomic E-state index is 12.9. The van der Waals surface area contributed by atoms with Gasteiger partial charge in [-0.05, 0) is 57.4 Å². The first-order valence-electron chi connectivity index (χ1n) is 8.95. The Morgan fingerprint density at radius 1 is 1.28 bits per heavy atom. The predicted octanol–water partition coefficient (Wildman–Crippen LogP) is 3.32. The molecular weight excluding hydrogens is 316 g/mol. The van der Waals surface area contributed by atoms with Crippen LogP contribution in [0.2, 0.25) is 0 Å². The summed E-state index contributed by atoms with van der Waals surface area (Å²) in [6.45, 7) is 5.79. The van der Waals surface area contributed by atoms with E-state index in [1.807, 2.05) is 36.9 Å². The first-order chi connectivity index (χ1) is 12.1. The topological polar surface area (TPSA) is 70.4 Å². The van der Waals surface area contributed by atoms with Gasteiger partial charge >= 0.3 is 6.03 Å². The highest BCUT2D eigenvalue weighted by atomic mass is 16.3. The van der Waals surface area contributed by atoms with Gasteiger partial charge in [-0.3, -0.25) is 0 Å². The summed E-state index contributed by atoms with van der Waals surface area (Å²) in [5.74, 6) is 0.588. The minimum Gasteiger partial charge on any atom is -0.444 e. The molecule has 0 radical (unpaired) electrons. The maximum Gasteiger partial charge on any atom is 0.322 e. The van der Waals surface area contributed by atoms with Crippen molar-refractivity contribution < 1.29 is 9.21 Å². The van der Waals surface area contributed by atoms with Crippen molar-refractivity contribution in [2.75, 3.05) is 18.4 Å². The fourth-order valence-corrected chi connectivity index (χ4v) is 3.91. The number of carbonyl (C=O) groups is 1. The fourth-order valence-electron chi connectivity index (χ4n) is 3.91. The molecule has 2 saturated heterocycles. The number of hydrogen-bond acceptors (Lipinski definition) is 4. The van der Waals surface area contributed by atoms with Gasteiger partial charge < -0.3 is 20.0 Å². The Bertz CT molecular complexity index is 771. The lowest BCUT2D eigenvalue weighted by molar-refractivity contribution is 0.190. The Kier molecular flexibility index (Phi) is 4.21. The van der Waals surface area contributed by atoms with Crippen molar-refractivity contribution in [2.24, 2.45) is 0 Å². The second-order valence-corrected chi connectivity index (χ2v) is 7.04. The molecule has 0 aliphatic carbocycles. The first kappa shape index (κ1) is 16.1. The average molecular weight is 340 g/mol. The highest BCUT2D eigenvalue weighted by Gasteiger charge is 2.38. The fraction of sp³-hybridized carbons (Fsp3) is 0.474. The highest BCUT2D eigenvalue weighted by molar-refractivity contribution is 5.91. The standard InChI is InChI=1S/C19H24N4O2/c1-12-3-4-14(9-17(12)18-21-13(2)11-25-18)22-19(24)23-15-5-6-16(23)10-20-8-7-15/h3-4,9,11,15-16,20H,5-8,10H2,1-2H3,(H,22,24). The van der Waals surface area contributed by atoms with Crippen LogP contribution < -0.4 is 10.6 Å². The quantitative estimate of drug-likeness (QED) is 0.880. The van der Waals surface area contributed by atoms with E-state index in [2.05, 4.69) is 15.6 Å². The van der Waals surface area contributed by atoms with Crippen molar-refractivity contribution in [3.63, 3.8) is 0 Å². The third-order valence-electron chi connectivity index (χ3n) is 5.23. The van der Waals surface area contributed by atoms with Crippen LogP contribution in [0.3, 0.4) is 0 Å². The number of anilines is 1. The molecule has 4 rings (SSSR count). The number of nitrogens with one attached hydrogen (secondary N) is 2. The summed E-state index contributed by atoms with van der Waals surface area (Å²) in [5, 5.41) is 6.50. The molecule has 25 heavy (non-hydrogen) atoms. The van der Waals surface area contributed by atoms with Gasteiger partial charge in [0.15, 0.2) is 0 Å². The van der Waals surface area contributed by atoms with E-state index in [1.54, 1.807) is 6.26 Å². The van der Waals surface area contributed by atoms with Gasteiger partial charge in [0.05, 0.1) is 5.69 Å². The zero-order valence-electron chi connectivity index (χ0n) is 14.7. The Labute approximate surface area is 147 Å². The van der Waals surface area contributed by atoms with Crippen molar-refractivity contribution in [3.8, 4) is 11.5 Å². The molecule has 2 atom stereocenters. The molecule has 2 amide bonds. The van der Waals surface area contributed by atoms with E-state index < -0.39 is 0 Å². The van der Waals surface area contributed by atoms with Crippen LogP contribution in [0.1, 0.15) is 30.5 Å². The average Bonchev–Trinajstić information content (AvgIpc) is 3.11. The summed E-state index contributed by atoms with van der Waals surface area (Å²) in [6.07, 6.45) is 4.86. The van der Waals surface area contributed by atoms with Gasteiger partial charge in [-0.2, -0.15) is 0 Å². The summed E-state index contributed by atoms with van der Waals surface area (Å²) >= 11 is 0. The van der Waals surface area contributed by atoms with E-state index in [0.29, 0.717) is 18.0 Å². The minimum absolute atomic E-state index is 0.00501. The lowest BCUT2D eigenvalue weighted by Gasteiger charge is -2.28. The van der Waals surface area contributed by atoms with Gasteiger partial charge in [0.25, 0.3) is 0 Å². The van der Waals surface area contributed by atoms with Crippen molar-refractivity contribution in [1.29, 1.82) is 0 Å². The van der Waals surface area contributed by atoms with E-state index in [-0.39, 0.29) is 6.03 Å². The molecule has 0 saturated carbocycles. The third-order valence-corrected chi connectivity index (χ3v) is 5.23. The van der Waals surface area contributed by atoms with Crippen LogP contribution in [0.5, 0.6) is 0 Å². The van der Waals surface area contributed by atoms with E-state index in [4.69, 9.17) is 4.42 Å². The van der Waals surface area contributed by atoms with Crippen LogP contribution in [0.25, 0.3) is 11.5 Å². The zero-order chi connectivity index (χ0) is 17.4. The molecule has 132 valence electrons. The Morgan fingerprint density at radius 3 is 2.92 bits per heavy atom. The highest BCUT2D eigenvalue weighted by Crippen LogP contribution is 2.30. The largest absolute Gasteiger partial charge is 0.444 e. The van der Waals surface area contributed by atoms with Gasteiger partial charge in [0.1, 0.15) is 6.26 Å². The van der Waals surface area contributed by atoms with Crippen LogP contribution in [-0.2, 0) is 0 Å². The lowest BCUT2D eigenvalue weighted by atomic mass is 10.1. The number of oxazole rings is 1. The molecule has 2 bridgehead atoms. The molecule has 1 aromatic heterocycles. The molecule has 2 N–H and O–H groups in total. The molecule has 2 fully saturated rings. The monoisotopic (exact) mass is 340 g/mol. The smallest absolute Gasteiger partial charge is 0.322 e. The second kappa shape index (κ2) is 6.52. The number of carbonyl (C=O) groups excluding carboxylic acids is 1. The minimum atomic E-state index is -0.00501. The van der Waals surface area contributed by atoms with Gasteiger partial charge in [0, 0.05) is 29.9 Å². The Hall–Kier alpha value is -2.34. The third kappa shape index (κ3) is 3.14. The van der Waals surface area contributed by atoms with Crippen molar-refractivity contribution in [3.05, 3.63) is 35.7 Å². The van der Waals surface area contributed by atoms with Crippen molar-refractivity contribution in [2.45, 2.75) is 45.2 Å². The van der Waals surface area contributed by atoms with E-state index in [9.17, 15) is 4.79 Å². The van der Waals surface area contributed by atoms with E-state index in [1.165, 1.54) is 0 Å². The molecule has 2 aliphatic rings. The predicted molar refractivity (Wildman–Crippen MR) is 96.6 cm³/mol. The summed E-state index contributed by atoms with van der Waals surface area (Å²) in [6, 6.07) is 6.50. The van der Waals surface area contributed by atoms with Crippen LogP contribution in [0.4, 0.5) is 10.5 Å². The number of aryl methyl sites for hydroxylation is 2. The molecular formula is C19H24N4O2. The molecule has 3 heterocycles. The lowest BCUT2D eigenvalue weighted by Crippen LogP contribution is -2.44. The number of hydrogen-bond donors (Lipinski definition) is 2. The summed E-state index contributed by atoms with van der Waals surface area (Å²) < 4.78 is 5.53. The van der Waals surface area contributed by atoms with Gasteiger partial charge in [-0.15, -0.1) is 0 Å². The SMILES string of the molecule is Cc1coc(-c2cc(NC(=O)N3C4CCNCC3CC4)ccc2C)n1. The van der Waals surface area contributed by atoms with Crippen molar-refractivity contribution >= 4 is 11.7 Å². The van der Waals surface area contributed by atoms with E-state index >= 15 is 0 Å². The summed E-state index contributed by atoms with van der Waals surface area (Å²) in [7, 11) is 0. The van der Waals surface area contributed by atoms with Crippen molar-refractivity contribution in [1.82, 2.24) is 15.2 Å². The molecule has 2 aliphatic heterocycles. The molecule has 0 spiro atoms. The van der Waals surface area contributed by atoms with Crippen LogP contribution >= 0.6 is 0 Å². The first-order valence-corrected chi connectivity index (χ1v) is 8.95. The number of urea groups is 1. The molecule has 2 aromatic rings. The van der Waals surface area contributed by atoms with Crippen LogP contribution in [0, 0.1) is 13.8 Å². The molecule has 2 unspecified atom stereocenters. The summed E-state index contributed by atoms with van der Waals surface area (Å²) in [4.78, 5) is 19.3. The zero-order valence-corrected chi connectivity index (χ0v) is 14.7. The van der Waals surface area contributed by atoms with Crippen LogP contribution in [-0.4, -0.2) is 41.1 Å². The maximum absolute atomic E-state index is 12.9. The number of rotatable bonds is 2. The normalized spacial score (nSPS) is 22.7. The number of benzene rings is 1. The number of nitrogens with zero attached hydrogens (tertiary/aromatic N) is 2.